The first-order valence-electron chi connectivity index (χ1n) is 9.85. The van der Waals surface area contributed by atoms with Crippen LogP contribution < -0.4 is 0 Å². The van der Waals surface area contributed by atoms with Gasteiger partial charge in [0.2, 0.25) is 0 Å². The molecule has 5 aromatic rings. The molecule has 0 fully saturated rings. The van der Waals surface area contributed by atoms with Gasteiger partial charge >= 0.3 is 0 Å². The van der Waals surface area contributed by atoms with Crippen molar-refractivity contribution in [3.8, 4) is 11.8 Å². The fourth-order valence-electron chi connectivity index (χ4n) is 3.69. The van der Waals surface area contributed by atoms with E-state index in [-0.39, 0.29) is 0 Å². The first kappa shape index (κ1) is 17.7. The Morgan fingerprint density at radius 2 is 1.41 bits per heavy atom. The summed E-state index contributed by atoms with van der Waals surface area (Å²) < 4.78 is 1.35. The number of thiophene rings is 1. The third-order valence-electron chi connectivity index (χ3n) is 5.20. The van der Waals surface area contributed by atoms with Crippen molar-refractivity contribution in [1.82, 2.24) is 0 Å². The smallest absolute Gasteiger partial charge is 0.0344 e. The van der Waals surface area contributed by atoms with Crippen LogP contribution in [0.5, 0.6) is 0 Å². The highest BCUT2D eigenvalue weighted by Crippen LogP contribution is 2.24. The highest BCUT2D eigenvalue weighted by Gasteiger charge is 2.02. The number of benzene rings is 4. The summed E-state index contributed by atoms with van der Waals surface area (Å²) >= 11 is 1.80. The second-order valence-corrected chi connectivity index (χ2v) is 8.28. The Balaban J connectivity index is 1.39. The Morgan fingerprint density at radius 1 is 0.621 bits per heavy atom. The first-order chi connectivity index (χ1) is 14.3. The Morgan fingerprint density at radius 3 is 2.31 bits per heavy atom. The molecule has 5 rings (SSSR count). The second-order valence-electron chi connectivity index (χ2n) is 7.33. The third-order valence-corrected chi connectivity index (χ3v) is 6.10. The summed E-state index contributed by atoms with van der Waals surface area (Å²) in [6, 6.07) is 32.6. The van der Waals surface area contributed by atoms with Gasteiger partial charge in [0.1, 0.15) is 0 Å². The standard InChI is InChI=1S/C28H20S/c1-2-5-21(6-3-1)7-4-8-22-9-12-25-13-10-23(20-27(25)18-22)17-24-11-14-28-26(19-24)15-16-29-28/h1-3,5-6,9-16,18-20H,7,17H2. The summed E-state index contributed by atoms with van der Waals surface area (Å²) in [4.78, 5) is 0. The molecule has 0 spiro atoms. The van der Waals surface area contributed by atoms with E-state index < -0.39 is 0 Å². The van der Waals surface area contributed by atoms with Gasteiger partial charge in [-0.3, -0.25) is 0 Å². The summed E-state index contributed by atoms with van der Waals surface area (Å²) in [6.45, 7) is 0. The van der Waals surface area contributed by atoms with Gasteiger partial charge in [-0.05, 0) is 75.0 Å². The van der Waals surface area contributed by atoms with Gasteiger partial charge in [-0.25, -0.2) is 0 Å². The average Bonchev–Trinajstić information content (AvgIpc) is 3.22. The van der Waals surface area contributed by atoms with Crippen molar-refractivity contribution >= 4 is 32.2 Å². The van der Waals surface area contributed by atoms with Crippen molar-refractivity contribution in [1.29, 1.82) is 0 Å². The molecular formula is C28H20S. The molecule has 0 aliphatic heterocycles. The Kier molecular flexibility index (Phi) is 4.87. The van der Waals surface area contributed by atoms with Crippen molar-refractivity contribution in [2.45, 2.75) is 12.8 Å². The fraction of sp³-hybridized carbons (Fsp3) is 0.0714. The predicted octanol–water partition coefficient (Wildman–Crippen LogP) is 7.24. The lowest BCUT2D eigenvalue weighted by molar-refractivity contribution is 1.21. The van der Waals surface area contributed by atoms with Gasteiger partial charge in [0.15, 0.2) is 0 Å². The molecule has 0 saturated carbocycles. The minimum Gasteiger partial charge on any atom is -0.144 e. The lowest BCUT2D eigenvalue weighted by Gasteiger charge is -2.05. The molecule has 4 aromatic carbocycles. The largest absolute Gasteiger partial charge is 0.144 e. The van der Waals surface area contributed by atoms with E-state index >= 15 is 0 Å². The van der Waals surface area contributed by atoms with Crippen LogP contribution in [0.2, 0.25) is 0 Å². The molecule has 138 valence electrons. The number of fused-ring (bicyclic) bond motifs is 2. The van der Waals surface area contributed by atoms with Crippen LogP contribution in [0.1, 0.15) is 22.3 Å². The van der Waals surface area contributed by atoms with Gasteiger partial charge in [0.25, 0.3) is 0 Å². The van der Waals surface area contributed by atoms with Crippen LogP contribution in [0.3, 0.4) is 0 Å². The van der Waals surface area contributed by atoms with Crippen LogP contribution in [-0.4, -0.2) is 0 Å². The number of rotatable bonds is 3. The van der Waals surface area contributed by atoms with E-state index in [4.69, 9.17) is 0 Å². The molecule has 0 unspecified atom stereocenters. The average molecular weight is 389 g/mol. The highest BCUT2D eigenvalue weighted by atomic mass is 32.1. The monoisotopic (exact) mass is 388 g/mol. The molecule has 0 radical (unpaired) electrons. The molecule has 0 aliphatic rings. The van der Waals surface area contributed by atoms with Crippen LogP contribution >= 0.6 is 11.3 Å². The number of hydrogen-bond donors (Lipinski definition) is 0. The number of hydrogen-bond acceptors (Lipinski definition) is 1. The summed E-state index contributed by atoms with van der Waals surface area (Å²) in [5.41, 5.74) is 5.02. The zero-order chi connectivity index (χ0) is 19.5. The first-order valence-corrected chi connectivity index (χ1v) is 10.7. The van der Waals surface area contributed by atoms with Gasteiger partial charge in [0.05, 0.1) is 0 Å². The van der Waals surface area contributed by atoms with Gasteiger partial charge in [-0.15, -0.1) is 11.3 Å². The molecule has 29 heavy (non-hydrogen) atoms. The maximum absolute atomic E-state index is 3.32. The zero-order valence-corrected chi connectivity index (χ0v) is 16.9. The molecule has 1 aromatic heterocycles. The lowest BCUT2D eigenvalue weighted by Crippen LogP contribution is -1.88. The lowest BCUT2D eigenvalue weighted by atomic mass is 9.99. The maximum atomic E-state index is 3.32. The fourth-order valence-corrected chi connectivity index (χ4v) is 4.46. The molecule has 0 amide bonds. The van der Waals surface area contributed by atoms with E-state index in [0.29, 0.717) is 0 Å². The highest BCUT2D eigenvalue weighted by molar-refractivity contribution is 7.17. The SMILES string of the molecule is C(#Cc1ccc2ccc(Cc3ccc4sccc4c3)cc2c1)Cc1ccccc1. The van der Waals surface area contributed by atoms with Crippen molar-refractivity contribution < 1.29 is 0 Å². The van der Waals surface area contributed by atoms with Gasteiger partial charge in [0, 0.05) is 16.7 Å². The van der Waals surface area contributed by atoms with Gasteiger partial charge in [-0.1, -0.05) is 72.5 Å². The molecule has 0 nitrogen and oxygen atoms in total. The van der Waals surface area contributed by atoms with Gasteiger partial charge < -0.3 is 0 Å². The minimum absolute atomic E-state index is 0.782. The molecule has 0 aliphatic carbocycles. The van der Waals surface area contributed by atoms with Crippen molar-refractivity contribution in [3.63, 3.8) is 0 Å². The van der Waals surface area contributed by atoms with Crippen LogP contribution in [0, 0.1) is 11.8 Å². The molecule has 0 N–H and O–H groups in total. The second kappa shape index (κ2) is 7.95. The quantitative estimate of drug-likeness (QED) is 0.286. The van der Waals surface area contributed by atoms with Crippen molar-refractivity contribution in [3.05, 3.63) is 119 Å². The van der Waals surface area contributed by atoms with Gasteiger partial charge in [-0.2, -0.15) is 0 Å². The van der Waals surface area contributed by atoms with E-state index in [2.05, 4.69) is 102 Å². The van der Waals surface area contributed by atoms with Crippen molar-refractivity contribution in [2.24, 2.45) is 0 Å². The van der Waals surface area contributed by atoms with Crippen LogP contribution in [-0.2, 0) is 12.8 Å². The predicted molar refractivity (Wildman–Crippen MR) is 126 cm³/mol. The van der Waals surface area contributed by atoms with E-state index in [9.17, 15) is 0 Å². The maximum Gasteiger partial charge on any atom is 0.0344 e. The van der Waals surface area contributed by atoms with Crippen molar-refractivity contribution in [2.75, 3.05) is 0 Å². The Hall–Kier alpha value is -3.34. The molecule has 0 bridgehead atoms. The normalized spacial score (nSPS) is 10.8. The summed E-state index contributed by atoms with van der Waals surface area (Å²) in [5.74, 6) is 6.63. The topological polar surface area (TPSA) is 0 Å². The molecule has 0 saturated heterocycles. The van der Waals surface area contributed by atoms with Crippen LogP contribution in [0.25, 0.3) is 20.9 Å². The molecule has 1 heteroatoms. The minimum atomic E-state index is 0.782. The van der Waals surface area contributed by atoms with E-state index in [0.717, 1.165) is 18.4 Å². The third kappa shape index (κ3) is 4.09. The Bertz CT molecular complexity index is 1350. The van der Waals surface area contributed by atoms with E-state index in [1.54, 1.807) is 11.3 Å². The van der Waals surface area contributed by atoms with E-state index in [1.165, 1.54) is 37.5 Å². The summed E-state index contributed by atoms with van der Waals surface area (Å²) in [5, 5.41) is 6.01. The summed E-state index contributed by atoms with van der Waals surface area (Å²) in [7, 11) is 0. The zero-order valence-electron chi connectivity index (χ0n) is 16.1. The molecule has 0 atom stereocenters. The van der Waals surface area contributed by atoms with Crippen LogP contribution in [0.4, 0.5) is 0 Å². The van der Waals surface area contributed by atoms with Crippen LogP contribution in [0.15, 0.2) is 96.4 Å². The molecule has 1 heterocycles. The Labute approximate surface area is 175 Å². The summed E-state index contributed by atoms with van der Waals surface area (Å²) in [6.07, 6.45) is 1.73. The molecular weight excluding hydrogens is 368 g/mol. The van der Waals surface area contributed by atoms with E-state index in [1.807, 2.05) is 6.07 Å².